The second kappa shape index (κ2) is 6.39. The van der Waals surface area contributed by atoms with Crippen molar-refractivity contribution in [1.82, 2.24) is 14.5 Å². The molecule has 2 aromatic rings. The van der Waals surface area contributed by atoms with Crippen molar-refractivity contribution in [3.05, 3.63) is 28.5 Å². The lowest BCUT2D eigenvalue weighted by molar-refractivity contribution is 0.0205. The smallest absolute Gasteiger partial charge is 0.410 e. The van der Waals surface area contributed by atoms with E-state index in [0.717, 1.165) is 36.2 Å². The van der Waals surface area contributed by atoms with Crippen LogP contribution in [-0.2, 0) is 11.8 Å². The van der Waals surface area contributed by atoms with Crippen molar-refractivity contribution in [2.45, 2.75) is 45.1 Å². The lowest BCUT2D eigenvalue weighted by Crippen LogP contribution is -2.41. The Labute approximate surface area is 151 Å². The molecule has 1 aliphatic rings. The molecule has 0 N–H and O–H groups in total. The van der Waals surface area contributed by atoms with Gasteiger partial charge < -0.3 is 14.2 Å². The Hall–Kier alpha value is -1.56. The Balaban J connectivity index is 1.72. The number of fused-ring (bicyclic) bond motifs is 1. The molecule has 2 aromatic heterocycles. The summed E-state index contributed by atoms with van der Waals surface area (Å²) in [6, 6.07) is 4.11. The molecule has 5 nitrogen and oxygen atoms in total. The Bertz CT molecular complexity index is 755. The van der Waals surface area contributed by atoms with Gasteiger partial charge in [-0.1, -0.05) is 0 Å². The molecule has 0 bridgehead atoms. The summed E-state index contributed by atoms with van der Waals surface area (Å²) >= 11 is 3.44. The average molecular weight is 394 g/mol. The van der Waals surface area contributed by atoms with Crippen LogP contribution in [0.5, 0.6) is 0 Å². The van der Waals surface area contributed by atoms with Gasteiger partial charge in [0.05, 0.1) is 0 Å². The highest BCUT2D eigenvalue weighted by Gasteiger charge is 2.28. The van der Waals surface area contributed by atoms with Crippen LogP contribution in [0.4, 0.5) is 4.79 Å². The second-order valence-corrected chi connectivity index (χ2v) is 8.25. The number of carbonyl (C=O) groups excluding carboxylic acids is 1. The number of carbonyl (C=O) groups is 1. The van der Waals surface area contributed by atoms with Gasteiger partial charge in [-0.15, -0.1) is 0 Å². The number of halogens is 1. The molecule has 1 fully saturated rings. The van der Waals surface area contributed by atoms with Crippen molar-refractivity contribution in [3.63, 3.8) is 0 Å². The fourth-order valence-corrected chi connectivity index (χ4v) is 3.58. The van der Waals surface area contributed by atoms with Crippen molar-refractivity contribution in [3.8, 4) is 0 Å². The lowest BCUT2D eigenvalue weighted by atomic mass is 9.90. The maximum Gasteiger partial charge on any atom is 0.410 e. The highest BCUT2D eigenvalue weighted by molar-refractivity contribution is 9.10. The number of pyridine rings is 1. The van der Waals surface area contributed by atoms with Gasteiger partial charge in [-0.3, -0.25) is 0 Å². The molecular formula is C18H24BrN3O2. The SMILES string of the molecule is Cn1cc(C2CCN(C(=O)OC(C)(C)C)CC2)c2ccc(Br)nc21. The topological polar surface area (TPSA) is 47.4 Å². The van der Waals surface area contributed by atoms with Crippen LogP contribution in [0, 0.1) is 0 Å². The number of aromatic nitrogens is 2. The number of ether oxygens (including phenoxy) is 1. The Morgan fingerprint density at radius 2 is 1.96 bits per heavy atom. The molecule has 3 rings (SSSR count). The van der Waals surface area contributed by atoms with Crippen LogP contribution in [0.2, 0.25) is 0 Å². The largest absolute Gasteiger partial charge is 0.444 e. The van der Waals surface area contributed by atoms with Crippen molar-refractivity contribution < 1.29 is 9.53 Å². The standard InChI is InChI=1S/C18H24BrN3O2/c1-18(2,3)24-17(23)22-9-7-12(8-10-22)14-11-21(4)16-13(14)5-6-15(19)20-16/h5-6,11-12H,7-10H2,1-4H3. The molecule has 0 radical (unpaired) electrons. The van der Waals surface area contributed by atoms with E-state index in [0.29, 0.717) is 5.92 Å². The molecule has 3 heterocycles. The molecular weight excluding hydrogens is 370 g/mol. The molecule has 6 heteroatoms. The van der Waals surface area contributed by atoms with Crippen LogP contribution >= 0.6 is 15.9 Å². The van der Waals surface area contributed by atoms with Crippen molar-refractivity contribution in [2.75, 3.05) is 13.1 Å². The third-order valence-electron chi connectivity index (χ3n) is 4.41. The van der Waals surface area contributed by atoms with E-state index in [-0.39, 0.29) is 6.09 Å². The van der Waals surface area contributed by atoms with E-state index in [1.807, 2.05) is 38.8 Å². The highest BCUT2D eigenvalue weighted by atomic mass is 79.9. The predicted octanol–water partition coefficient (Wildman–Crippen LogP) is 4.45. The van der Waals surface area contributed by atoms with Gasteiger partial charge in [-0.2, -0.15) is 0 Å². The van der Waals surface area contributed by atoms with Crippen LogP contribution in [0.3, 0.4) is 0 Å². The van der Waals surface area contributed by atoms with Gasteiger partial charge in [0.1, 0.15) is 15.9 Å². The van der Waals surface area contributed by atoms with Crippen LogP contribution in [0.15, 0.2) is 22.9 Å². The first-order valence-electron chi connectivity index (χ1n) is 8.34. The quantitative estimate of drug-likeness (QED) is 0.672. The Morgan fingerprint density at radius 1 is 1.29 bits per heavy atom. The molecule has 0 spiro atoms. The monoisotopic (exact) mass is 393 g/mol. The molecule has 1 saturated heterocycles. The third-order valence-corrected chi connectivity index (χ3v) is 4.85. The number of aryl methyl sites for hydroxylation is 1. The minimum absolute atomic E-state index is 0.204. The number of nitrogens with zero attached hydrogens (tertiary/aromatic N) is 3. The first-order chi connectivity index (χ1) is 11.2. The number of likely N-dealkylation sites (tertiary alicyclic amines) is 1. The molecule has 0 atom stereocenters. The summed E-state index contributed by atoms with van der Waals surface area (Å²) in [5.74, 6) is 0.454. The maximum absolute atomic E-state index is 12.2. The molecule has 130 valence electrons. The van der Waals surface area contributed by atoms with E-state index in [1.165, 1.54) is 10.9 Å². The minimum Gasteiger partial charge on any atom is -0.444 e. The van der Waals surface area contributed by atoms with E-state index in [9.17, 15) is 4.79 Å². The van der Waals surface area contributed by atoms with Gasteiger partial charge in [-0.25, -0.2) is 9.78 Å². The number of amides is 1. The fraction of sp³-hybridized carbons (Fsp3) is 0.556. The molecule has 1 amide bonds. The zero-order valence-electron chi connectivity index (χ0n) is 14.7. The summed E-state index contributed by atoms with van der Waals surface area (Å²) in [5, 5.41) is 1.21. The molecule has 24 heavy (non-hydrogen) atoms. The molecule has 1 aliphatic heterocycles. The summed E-state index contributed by atoms with van der Waals surface area (Å²) in [4.78, 5) is 18.6. The van der Waals surface area contributed by atoms with Crippen LogP contribution < -0.4 is 0 Å². The van der Waals surface area contributed by atoms with E-state index < -0.39 is 5.60 Å². The van der Waals surface area contributed by atoms with Crippen molar-refractivity contribution in [2.24, 2.45) is 7.05 Å². The zero-order chi connectivity index (χ0) is 17.5. The maximum atomic E-state index is 12.2. The van der Waals surface area contributed by atoms with Gasteiger partial charge in [0.2, 0.25) is 0 Å². The predicted molar refractivity (Wildman–Crippen MR) is 98.2 cm³/mol. The van der Waals surface area contributed by atoms with E-state index in [2.05, 4.69) is 37.7 Å². The third kappa shape index (κ3) is 3.58. The molecule has 0 saturated carbocycles. The normalized spacial score (nSPS) is 16.6. The summed E-state index contributed by atoms with van der Waals surface area (Å²) in [5.41, 5.74) is 1.88. The lowest BCUT2D eigenvalue weighted by Gasteiger charge is -2.33. The van der Waals surface area contributed by atoms with Gasteiger partial charge in [0.15, 0.2) is 0 Å². The van der Waals surface area contributed by atoms with Gasteiger partial charge >= 0.3 is 6.09 Å². The highest BCUT2D eigenvalue weighted by Crippen LogP contribution is 2.34. The van der Waals surface area contributed by atoms with Gasteiger partial charge in [0, 0.05) is 31.7 Å². The van der Waals surface area contributed by atoms with Gasteiger partial charge in [0.25, 0.3) is 0 Å². The summed E-state index contributed by atoms with van der Waals surface area (Å²) in [6.45, 7) is 7.18. The van der Waals surface area contributed by atoms with Crippen molar-refractivity contribution in [1.29, 1.82) is 0 Å². The summed E-state index contributed by atoms with van der Waals surface area (Å²) < 4.78 is 8.40. The zero-order valence-corrected chi connectivity index (χ0v) is 16.3. The molecule has 0 aromatic carbocycles. The van der Waals surface area contributed by atoms with E-state index in [4.69, 9.17) is 4.74 Å². The second-order valence-electron chi connectivity index (χ2n) is 7.44. The number of rotatable bonds is 1. The van der Waals surface area contributed by atoms with E-state index >= 15 is 0 Å². The van der Waals surface area contributed by atoms with Crippen LogP contribution in [0.1, 0.15) is 45.1 Å². The molecule has 0 unspecified atom stereocenters. The van der Waals surface area contributed by atoms with E-state index in [1.54, 1.807) is 0 Å². The Kier molecular flexibility index (Phi) is 4.60. The number of hydrogen-bond donors (Lipinski definition) is 0. The molecule has 0 aliphatic carbocycles. The van der Waals surface area contributed by atoms with Gasteiger partial charge in [-0.05, 0) is 73.2 Å². The van der Waals surface area contributed by atoms with Crippen LogP contribution in [0.25, 0.3) is 11.0 Å². The first-order valence-corrected chi connectivity index (χ1v) is 9.13. The minimum atomic E-state index is -0.442. The Morgan fingerprint density at radius 3 is 2.58 bits per heavy atom. The summed E-state index contributed by atoms with van der Waals surface area (Å²) in [6.07, 6.45) is 3.88. The van der Waals surface area contributed by atoms with Crippen molar-refractivity contribution >= 4 is 33.1 Å². The fourth-order valence-electron chi connectivity index (χ4n) is 3.28. The number of piperidine rings is 1. The first kappa shape index (κ1) is 17.3. The number of hydrogen-bond acceptors (Lipinski definition) is 3. The summed E-state index contributed by atoms with van der Waals surface area (Å²) in [7, 11) is 2.03. The average Bonchev–Trinajstić information content (AvgIpc) is 2.82. The van der Waals surface area contributed by atoms with Crippen LogP contribution in [-0.4, -0.2) is 39.2 Å².